The topological polar surface area (TPSA) is 115 Å². The van der Waals surface area contributed by atoms with Gasteiger partial charge in [-0.25, -0.2) is 13.2 Å². The molecular weight excluding hydrogens is 412 g/mol. The van der Waals surface area contributed by atoms with E-state index in [0.29, 0.717) is 24.5 Å². The number of nitrogens with zero attached hydrogens (tertiary/aromatic N) is 1. The van der Waals surface area contributed by atoms with E-state index in [1.807, 2.05) is 0 Å². The molecule has 1 fully saturated rings. The Bertz CT molecular complexity index is 1020. The quantitative estimate of drug-likeness (QED) is 0.380. The number of carbonyl (C=O) groups excluding carboxylic acids is 2. The number of aromatic amines is 1. The zero-order valence-electron chi connectivity index (χ0n) is 16.4. The minimum absolute atomic E-state index is 0.00402. The molecule has 30 heavy (non-hydrogen) atoms. The van der Waals surface area contributed by atoms with Gasteiger partial charge in [0.15, 0.2) is 6.61 Å². The van der Waals surface area contributed by atoms with E-state index in [0.717, 1.165) is 6.08 Å². The van der Waals surface area contributed by atoms with E-state index in [2.05, 4.69) is 4.98 Å². The normalized spacial score (nSPS) is 15.2. The van der Waals surface area contributed by atoms with Crippen LogP contribution in [0.5, 0.6) is 5.75 Å². The van der Waals surface area contributed by atoms with Crippen molar-refractivity contribution in [3.8, 4) is 5.75 Å². The van der Waals surface area contributed by atoms with Crippen molar-refractivity contribution in [3.63, 3.8) is 0 Å². The minimum atomic E-state index is -3.78. The van der Waals surface area contributed by atoms with Crippen LogP contribution in [-0.4, -0.2) is 69.5 Å². The van der Waals surface area contributed by atoms with Gasteiger partial charge in [0.05, 0.1) is 26.0 Å². The van der Waals surface area contributed by atoms with Gasteiger partial charge in [0.25, 0.3) is 0 Å². The lowest BCUT2D eigenvalue weighted by Gasteiger charge is -2.26. The van der Waals surface area contributed by atoms with Crippen molar-refractivity contribution < 1.29 is 32.2 Å². The largest absolute Gasteiger partial charge is 0.495 e. The molecule has 0 radical (unpaired) electrons. The zero-order valence-corrected chi connectivity index (χ0v) is 17.2. The second-order valence-electron chi connectivity index (χ2n) is 6.37. The number of H-pyrrole nitrogens is 1. The number of morpholine rings is 1. The summed E-state index contributed by atoms with van der Waals surface area (Å²) in [6, 6.07) is 7.82. The van der Waals surface area contributed by atoms with Crippen molar-refractivity contribution >= 4 is 27.9 Å². The minimum Gasteiger partial charge on any atom is -0.495 e. The van der Waals surface area contributed by atoms with Gasteiger partial charge in [-0.3, -0.25) is 4.79 Å². The molecule has 9 nitrogen and oxygen atoms in total. The Kier molecular flexibility index (Phi) is 7.03. The van der Waals surface area contributed by atoms with Crippen LogP contribution in [0.4, 0.5) is 0 Å². The molecule has 0 unspecified atom stereocenters. The number of methoxy groups -OCH3 is 1. The average Bonchev–Trinajstić information content (AvgIpc) is 3.31. The van der Waals surface area contributed by atoms with Gasteiger partial charge in [-0.2, -0.15) is 4.31 Å². The summed E-state index contributed by atoms with van der Waals surface area (Å²) in [5, 5.41) is 0. The highest BCUT2D eigenvalue weighted by atomic mass is 32.2. The number of benzene rings is 1. The van der Waals surface area contributed by atoms with Crippen LogP contribution in [0.25, 0.3) is 6.08 Å². The number of nitrogens with one attached hydrogen (secondary N) is 1. The summed E-state index contributed by atoms with van der Waals surface area (Å²) in [7, 11) is -2.39. The molecular formula is C20H22N2O7S. The van der Waals surface area contributed by atoms with Gasteiger partial charge in [0.1, 0.15) is 10.6 Å². The molecule has 0 spiro atoms. The number of rotatable bonds is 8. The number of hydrogen-bond acceptors (Lipinski definition) is 7. The molecule has 0 saturated carbocycles. The predicted molar refractivity (Wildman–Crippen MR) is 108 cm³/mol. The molecule has 10 heteroatoms. The van der Waals surface area contributed by atoms with Crippen LogP contribution in [0, 0.1) is 0 Å². The maximum absolute atomic E-state index is 13.0. The fraction of sp³-hybridized carbons (Fsp3) is 0.300. The number of esters is 1. The van der Waals surface area contributed by atoms with Gasteiger partial charge in [0, 0.05) is 25.4 Å². The molecule has 0 amide bonds. The average molecular weight is 434 g/mol. The number of Topliss-reactive ketones (excluding diaryl/α,β-unsaturated/α-hetero) is 1. The first-order chi connectivity index (χ1) is 14.4. The molecule has 1 aromatic carbocycles. The van der Waals surface area contributed by atoms with Gasteiger partial charge >= 0.3 is 5.97 Å². The molecule has 2 aromatic rings. The van der Waals surface area contributed by atoms with E-state index < -0.39 is 22.6 Å². The van der Waals surface area contributed by atoms with Crippen molar-refractivity contribution in [2.75, 3.05) is 40.0 Å². The van der Waals surface area contributed by atoms with Gasteiger partial charge in [-0.1, -0.05) is 6.07 Å². The van der Waals surface area contributed by atoms with Gasteiger partial charge in [0.2, 0.25) is 15.8 Å². The first-order valence-electron chi connectivity index (χ1n) is 9.19. The number of sulfonamides is 1. The lowest BCUT2D eigenvalue weighted by molar-refractivity contribution is -0.136. The fourth-order valence-electron chi connectivity index (χ4n) is 2.86. The molecule has 2 heterocycles. The second kappa shape index (κ2) is 9.70. The van der Waals surface area contributed by atoms with Crippen molar-refractivity contribution in [1.82, 2.24) is 9.29 Å². The molecule has 3 rings (SSSR count). The number of hydrogen-bond donors (Lipinski definition) is 1. The molecule has 1 aliphatic heterocycles. The molecule has 0 aliphatic carbocycles. The van der Waals surface area contributed by atoms with Gasteiger partial charge in [-0.05, 0) is 35.9 Å². The summed E-state index contributed by atoms with van der Waals surface area (Å²) < 4.78 is 42.6. The van der Waals surface area contributed by atoms with E-state index in [1.54, 1.807) is 24.4 Å². The number of ketones is 1. The molecule has 160 valence electrons. The predicted octanol–water partition coefficient (Wildman–Crippen LogP) is 1.48. The molecule has 1 aliphatic rings. The summed E-state index contributed by atoms with van der Waals surface area (Å²) in [4.78, 5) is 26.5. The number of ether oxygens (including phenoxy) is 3. The second-order valence-corrected chi connectivity index (χ2v) is 8.28. The highest BCUT2D eigenvalue weighted by Crippen LogP contribution is 2.28. The monoisotopic (exact) mass is 434 g/mol. The number of carbonyl (C=O) groups is 2. The zero-order chi connectivity index (χ0) is 21.6. The van der Waals surface area contributed by atoms with Crippen molar-refractivity contribution in [3.05, 3.63) is 53.9 Å². The smallest absolute Gasteiger partial charge is 0.331 e. The van der Waals surface area contributed by atoms with Gasteiger partial charge < -0.3 is 19.2 Å². The van der Waals surface area contributed by atoms with E-state index in [9.17, 15) is 18.0 Å². The lowest BCUT2D eigenvalue weighted by Crippen LogP contribution is -2.40. The van der Waals surface area contributed by atoms with Crippen LogP contribution < -0.4 is 4.74 Å². The lowest BCUT2D eigenvalue weighted by atomic mass is 10.2. The fourth-order valence-corrected chi connectivity index (χ4v) is 4.45. The standard InChI is InChI=1S/C20H22N2O7S/c1-27-18-6-4-15(13-19(18)30(25,26)22-9-11-28-12-10-22)5-7-20(24)29-14-17(23)16-3-2-8-21-16/h2-8,13,21H,9-12,14H2,1H3/b7-5+. The third-order valence-corrected chi connectivity index (χ3v) is 6.35. The third kappa shape index (κ3) is 5.15. The summed E-state index contributed by atoms with van der Waals surface area (Å²) in [6.07, 6.45) is 4.15. The molecule has 1 aromatic heterocycles. The highest BCUT2D eigenvalue weighted by molar-refractivity contribution is 7.89. The van der Waals surface area contributed by atoms with Crippen molar-refractivity contribution in [1.29, 1.82) is 0 Å². The first-order valence-corrected chi connectivity index (χ1v) is 10.6. The van der Waals surface area contributed by atoms with E-state index >= 15 is 0 Å². The Morgan fingerprint density at radius 3 is 2.67 bits per heavy atom. The maximum Gasteiger partial charge on any atom is 0.331 e. The van der Waals surface area contributed by atoms with Crippen LogP contribution in [0.2, 0.25) is 0 Å². The molecule has 1 saturated heterocycles. The molecule has 1 N–H and O–H groups in total. The number of aromatic nitrogens is 1. The van der Waals surface area contributed by atoms with E-state index in [4.69, 9.17) is 14.2 Å². The Labute approximate surface area is 174 Å². The summed E-state index contributed by atoms with van der Waals surface area (Å²) in [5.74, 6) is -0.869. The van der Waals surface area contributed by atoms with E-state index in [1.165, 1.54) is 29.6 Å². The Morgan fingerprint density at radius 2 is 2.00 bits per heavy atom. The van der Waals surface area contributed by atoms with Crippen LogP contribution in [0.3, 0.4) is 0 Å². The Balaban J connectivity index is 1.71. The summed E-state index contributed by atoms with van der Waals surface area (Å²) >= 11 is 0. The van der Waals surface area contributed by atoms with Crippen molar-refractivity contribution in [2.24, 2.45) is 0 Å². The van der Waals surface area contributed by atoms with Crippen LogP contribution in [0.15, 0.2) is 47.5 Å². The van der Waals surface area contributed by atoms with Crippen molar-refractivity contribution in [2.45, 2.75) is 4.90 Å². The summed E-state index contributed by atoms with van der Waals surface area (Å²) in [5.41, 5.74) is 0.815. The Hall–Kier alpha value is -2.95. The first kappa shape index (κ1) is 21.8. The van der Waals surface area contributed by atoms with Gasteiger partial charge in [-0.15, -0.1) is 0 Å². The summed E-state index contributed by atoms with van der Waals surface area (Å²) in [6.45, 7) is 0.769. The van der Waals surface area contributed by atoms with Crippen LogP contribution >= 0.6 is 0 Å². The van der Waals surface area contributed by atoms with E-state index in [-0.39, 0.29) is 29.5 Å². The third-order valence-electron chi connectivity index (χ3n) is 4.43. The maximum atomic E-state index is 13.0. The van der Waals surface area contributed by atoms with Crippen LogP contribution in [0.1, 0.15) is 16.1 Å². The highest BCUT2D eigenvalue weighted by Gasteiger charge is 2.29. The molecule has 0 atom stereocenters. The van der Waals surface area contributed by atoms with Crippen LogP contribution in [-0.2, 0) is 24.3 Å². The SMILES string of the molecule is COc1ccc(/C=C/C(=O)OCC(=O)c2ccc[nH]2)cc1S(=O)(=O)N1CCOCC1. The molecule has 0 bridgehead atoms. The Morgan fingerprint density at radius 1 is 1.23 bits per heavy atom.